The Balaban J connectivity index is 1.64. The van der Waals surface area contributed by atoms with Gasteiger partial charge in [0, 0.05) is 11.6 Å². The van der Waals surface area contributed by atoms with Crippen molar-refractivity contribution in [2.75, 3.05) is 6.61 Å². The summed E-state index contributed by atoms with van der Waals surface area (Å²) < 4.78 is 17.2. The summed E-state index contributed by atoms with van der Waals surface area (Å²) in [4.78, 5) is 12.5. The van der Waals surface area contributed by atoms with Gasteiger partial charge < -0.3 is 19.9 Å². The first-order valence-corrected chi connectivity index (χ1v) is 11.2. The number of nitrogens with zero attached hydrogens (tertiary/aromatic N) is 1. The SMILES string of the molecule is CCCCOc1cccc(C2C(C#N)=C(N)Oc3cc(OC(=O)c4ccc(C)cc4)ccc32)c1. The first-order chi connectivity index (χ1) is 16.5. The maximum Gasteiger partial charge on any atom is 0.343 e. The Hall–Kier alpha value is -4.24. The molecule has 0 saturated carbocycles. The quantitative estimate of drug-likeness (QED) is 0.283. The van der Waals surface area contributed by atoms with Crippen molar-refractivity contribution in [3.8, 4) is 23.3 Å². The Morgan fingerprint density at radius 1 is 1.09 bits per heavy atom. The summed E-state index contributed by atoms with van der Waals surface area (Å²) >= 11 is 0. The average molecular weight is 455 g/mol. The molecule has 1 atom stereocenters. The number of nitrogens with two attached hydrogens (primary N) is 1. The molecule has 1 aliphatic heterocycles. The topological polar surface area (TPSA) is 94.6 Å². The number of ether oxygens (including phenoxy) is 3. The lowest BCUT2D eigenvalue weighted by Gasteiger charge is -2.27. The second-order valence-corrected chi connectivity index (χ2v) is 8.15. The van der Waals surface area contributed by atoms with Crippen molar-refractivity contribution >= 4 is 5.97 Å². The lowest BCUT2D eigenvalue weighted by atomic mass is 9.83. The number of fused-ring (bicyclic) bond motifs is 1. The fourth-order valence-corrected chi connectivity index (χ4v) is 3.82. The first kappa shape index (κ1) is 22.9. The Labute approximate surface area is 199 Å². The second-order valence-electron chi connectivity index (χ2n) is 8.15. The van der Waals surface area contributed by atoms with Crippen LogP contribution in [-0.2, 0) is 0 Å². The van der Waals surface area contributed by atoms with Crippen molar-refractivity contribution in [3.63, 3.8) is 0 Å². The minimum Gasteiger partial charge on any atom is -0.494 e. The molecular weight excluding hydrogens is 428 g/mol. The number of hydrogen-bond donors (Lipinski definition) is 1. The second kappa shape index (κ2) is 10.1. The summed E-state index contributed by atoms with van der Waals surface area (Å²) in [6, 6.07) is 22.1. The lowest BCUT2D eigenvalue weighted by molar-refractivity contribution is 0.0734. The number of allylic oxidation sites excluding steroid dienone is 1. The molecule has 34 heavy (non-hydrogen) atoms. The number of carbonyl (C=O) groups excluding carboxylic acids is 1. The van der Waals surface area contributed by atoms with E-state index in [2.05, 4.69) is 13.0 Å². The highest BCUT2D eigenvalue weighted by Gasteiger charge is 2.31. The summed E-state index contributed by atoms with van der Waals surface area (Å²) in [6.07, 6.45) is 2.01. The van der Waals surface area contributed by atoms with Gasteiger partial charge in [-0.3, -0.25) is 0 Å². The predicted molar refractivity (Wildman–Crippen MR) is 129 cm³/mol. The Kier molecular flexibility index (Phi) is 6.84. The molecular formula is C28H26N2O4. The zero-order valence-electron chi connectivity index (χ0n) is 19.2. The maximum absolute atomic E-state index is 12.5. The van der Waals surface area contributed by atoms with Crippen LogP contribution in [0.2, 0.25) is 0 Å². The standard InChI is InChI=1S/C28H26N2O4/c1-3-4-14-32-21-7-5-6-20(15-21)26-23-13-12-22(16-25(23)34-27(30)24(26)17-29)33-28(31)19-10-8-18(2)9-11-19/h5-13,15-16,26H,3-4,14,30H2,1-2H3. The Morgan fingerprint density at radius 2 is 1.88 bits per heavy atom. The van der Waals surface area contributed by atoms with E-state index >= 15 is 0 Å². The molecule has 0 spiro atoms. The zero-order valence-corrected chi connectivity index (χ0v) is 19.2. The third-order valence-electron chi connectivity index (χ3n) is 5.65. The summed E-state index contributed by atoms with van der Waals surface area (Å²) in [6.45, 7) is 4.69. The molecule has 3 aromatic carbocycles. The fraction of sp³-hybridized carbons (Fsp3) is 0.214. The minimum absolute atomic E-state index is 0.0271. The molecule has 6 heteroatoms. The van der Waals surface area contributed by atoms with Gasteiger partial charge in [-0.15, -0.1) is 0 Å². The molecule has 0 aromatic heterocycles. The number of unbranched alkanes of at least 4 members (excludes halogenated alkanes) is 1. The van der Waals surface area contributed by atoms with Gasteiger partial charge in [-0.2, -0.15) is 5.26 Å². The Bertz CT molecular complexity index is 1270. The van der Waals surface area contributed by atoms with Crippen LogP contribution >= 0.6 is 0 Å². The van der Waals surface area contributed by atoms with Gasteiger partial charge in [-0.1, -0.05) is 49.2 Å². The average Bonchev–Trinajstić information content (AvgIpc) is 2.84. The van der Waals surface area contributed by atoms with Crippen LogP contribution in [0.1, 0.15) is 52.7 Å². The van der Waals surface area contributed by atoms with E-state index < -0.39 is 11.9 Å². The van der Waals surface area contributed by atoms with E-state index in [4.69, 9.17) is 19.9 Å². The van der Waals surface area contributed by atoms with E-state index in [1.165, 1.54) is 0 Å². The third kappa shape index (κ3) is 4.89. The van der Waals surface area contributed by atoms with E-state index in [1.807, 2.05) is 43.3 Å². The van der Waals surface area contributed by atoms with Gasteiger partial charge in [0.1, 0.15) is 28.9 Å². The molecule has 0 aliphatic carbocycles. The highest BCUT2D eigenvalue weighted by atomic mass is 16.5. The van der Waals surface area contributed by atoms with Gasteiger partial charge >= 0.3 is 5.97 Å². The molecule has 0 amide bonds. The van der Waals surface area contributed by atoms with Crippen LogP contribution in [0, 0.1) is 18.3 Å². The van der Waals surface area contributed by atoms with Crippen LogP contribution in [0.25, 0.3) is 0 Å². The monoisotopic (exact) mass is 454 g/mol. The molecule has 0 bridgehead atoms. The van der Waals surface area contributed by atoms with E-state index in [0.717, 1.165) is 35.3 Å². The van der Waals surface area contributed by atoms with Gasteiger partial charge in [-0.05, 0) is 49.2 Å². The molecule has 2 N–H and O–H groups in total. The molecule has 4 rings (SSSR count). The van der Waals surface area contributed by atoms with Crippen molar-refractivity contribution in [1.29, 1.82) is 5.26 Å². The highest BCUT2D eigenvalue weighted by Crippen LogP contribution is 2.44. The molecule has 172 valence electrons. The highest BCUT2D eigenvalue weighted by molar-refractivity contribution is 5.91. The molecule has 0 saturated heterocycles. The summed E-state index contributed by atoms with van der Waals surface area (Å²) in [5, 5.41) is 9.81. The largest absolute Gasteiger partial charge is 0.494 e. The van der Waals surface area contributed by atoms with E-state index in [1.54, 1.807) is 30.3 Å². The summed E-state index contributed by atoms with van der Waals surface area (Å²) in [5.41, 5.74) is 9.57. The van der Waals surface area contributed by atoms with E-state index in [-0.39, 0.29) is 5.88 Å². The van der Waals surface area contributed by atoms with Crippen LogP contribution in [0.3, 0.4) is 0 Å². The molecule has 1 heterocycles. The van der Waals surface area contributed by atoms with E-state index in [0.29, 0.717) is 29.2 Å². The van der Waals surface area contributed by atoms with Crippen molar-refractivity contribution in [3.05, 3.63) is 100 Å². The lowest BCUT2D eigenvalue weighted by Crippen LogP contribution is -2.21. The molecule has 1 unspecified atom stereocenters. The van der Waals surface area contributed by atoms with Crippen molar-refractivity contribution in [2.45, 2.75) is 32.6 Å². The number of carbonyl (C=O) groups is 1. The molecule has 6 nitrogen and oxygen atoms in total. The van der Waals surface area contributed by atoms with Gasteiger partial charge in [0.15, 0.2) is 0 Å². The van der Waals surface area contributed by atoms with Crippen LogP contribution in [0.15, 0.2) is 78.2 Å². The van der Waals surface area contributed by atoms with Gasteiger partial charge in [-0.25, -0.2) is 4.79 Å². The number of aryl methyl sites for hydroxylation is 1. The van der Waals surface area contributed by atoms with Crippen LogP contribution in [0.4, 0.5) is 0 Å². The third-order valence-corrected chi connectivity index (χ3v) is 5.65. The van der Waals surface area contributed by atoms with Gasteiger partial charge in [0.05, 0.1) is 18.1 Å². The Morgan fingerprint density at radius 3 is 2.62 bits per heavy atom. The van der Waals surface area contributed by atoms with Crippen molar-refractivity contribution < 1.29 is 19.0 Å². The zero-order chi connectivity index (χ0) is 24.1. The van der Waals surface area contributed by atoms with Gasteiger partial charge in [0.2, 0.25) is 5.88 Å². The number of rotatable bonds is 7. The first-order valence-electron chi connectivity index (χ1n) is 11.2. The van der Waals surface area contributed by atoms with Crippen LogP contribution in [-0.4, -0.2) is 12.6 Å². The normalized spacial score (nSPS) is 14.6. The number of nitriles is 1. The number of esters is 1. The smallest absolute Gasteiger partial charge is 0.343 e. The molecule has 3 aromatic rings. The molecule has 1 aliphatic rings. The molecule has 0 fully saturated rings. The summed E-state index contributed by atoms with van der Waals surface area (Å²) in [5.74, 6) is 0.634. The fourth-order valence-electron chi connectivity index (χ4n) is 3.82. The number of benzene rings is 3. The summed E-state index contributed by atoms with van der Waals surface area (Å²) in [7, 11) is 0. The molecule has 0 radical (unpaired) electrons. The van der Waals surface area contributed by atoms with Crippen molar-refractivity contribution in [2.24, 2.45) is 5.73 Å². The van der Waals surface area contributed by atoms with Gasteiger partial charge in [0.25, 0.3) is 0 Å². The van der Waals surface area contributed by atoms with Crippen LogP contribution in [0.5, 0.6) is 17.2 Å². The minimum atomic E-state index is -0.467. The maximum atomic E-state index is 12.5. The number of hydrogen-bond acceptors (Lipinski definition) is 6. The predicted octanol–water partition coefficient (Wildman–Crippen LogP) is 5.61. The van der Waals surface area contributed by atoms with Crippen molar-refractivity contribution in [1.82, 2.24) is 0 Å². The van der Waals surface area contributed by atoms with Crippen LogP contribution < -0.4 is 19.9 Å². The van der Waals surface area contributed by atoms with E-state index in [9.17, 15) is 10.1 Å².